The number of aromatic nitrogens is 1. The number of aryl methyl sites for hydroxylation is 1. The van der Waals surface area contributed by atoms with Crippen molar-refractivity contribution >= 4 is 11.5 Å². The Hall–Kier alpha value is -2.03. The molecule has 2 N–H and O–H groups in total. The van der Waals surface area contributed by atoms with Gasteiger partial charge in [-0.25, -0.2) is 4.98 Å². The molecule has 1 aromatic carbocycles. The zero-order chi connectivity index (χ0) is 13.7. The van der Waals surface area contributed by atoms with E-state index < -0.39 is 0 Å². The predicted molar refractivity (Wildman–Crippen MR) is 81.2 cm³/mol. The van der Waals surface area contributed by atoms with Gasteiger partial charge < -0.3 is 10.6 Å². The third-order valence-electron chi connectivity index (χ3n) is 3.04. The molecule has 0 amide bonds. The fourth-order valence-electron chi connectivity index (χ4n) is 2.10. The Bertz CT molecular complexity index is 520. The summed E-state index contributed by atoms with van der Waals surface area (Å²) < 4.78 is 0. The van der Waals surface area contributed by atoms with Crippen molar-refractivity contribution in [3.63, 3.8) is 0 Å². The molecule has 0 aliphatic heterocycles. The van der Waals surface area contributed by atoms with Crippen LogP contribution in [0, 0.1) is 6.92 Å². The van der Waals surface area contributed by atoms with E-state index in [-0.39, 0.29) is 0 Å². The molecule has 0 bridgehead atoms. The van der Waals surface area contributed by atoms with Gasteiger partial charge in [0.2, 0.25) is 0 Å². The lowest BCUT2D eigenvalue weighted by Crippen LogP contribution is -2.24. The van der Waals surface area contributed by atoms with E-state index in [0.717, 1.165) is 31.0 Å². The minimum absolute atomic E-state index is 0.811. The Morgan fingerprint density at radius 1 is 1.21 bits per heavy atom. The van der Waals surface area contributed by atoms with Gasteiger partial charge in [-0.2, -0.15) is 0 Å². The summed E-state index contributed by atoms with van der Waals surface area (Å²) in [4.78, 5) is 6.80. The van der Waals surface area contributed by atoms with E-state index in [0.29, 0.717) is 0 Å². The van der Waals surface area contributed by atoms with Gasteiger partial charge in [0.25, 0.3) is 0 Å². The number of nitrogens with zero attached hydrogens (tertiary/aromatic N) is 2. The molecule has 0 radical (unpaired) electrons. The number of nitrogens with two attached hydrogens (primary N) is 1. The summed E-state index contributed by atoms with van der Waals surface area (Å²) in [5, 5.41) is 0. The molecule has 19 heavy (non-hydrogen) atoms. The number of rotatable bonds is 5. The Morgan fingerprint density at radius 2 is 2.05 bits per heavy atom. The summed E-state index contributed by atoms with van der Waals surface area (Å²) in [7, 11) is 0. The van der Waals surface area contributed by atoms with E-state index in [1.807, 2.05) is 24.4 Å². The lowest BCUT2D eigenvalue weighted by molar-refractivity contribution is 0.754. The first-order valence-corrected chi connectivity index (χ1v) is 6.71. The first kappa shape index (κ1) is 13.4. The van der Waals surface area contributed by atoms with E-state index in [1.54, 1.807) is 0 Å². The highest BCUT2D eigenvalue weighted by molar-refractivity contribution is 5.44. The molecule has 0 saturated carbocycles. The van der Waals surface area contributed by atoms with Crippen molar-refractivity contribution in [1.29, 1.82) is 0 Å². The summed E-state index contributed by atoms with van der Waals surface area (Å²) in [6.07, 6.45) is 3.01. The van der Waals surface area contributed by atoms with Gasteiger partial charge >= 0.3 is 0 Å². The Kier molecular flexibility index (Phi) is 4.39. The number of pyridine rings is 1. The maximum atomic E-state index is 5.83. The van der Waals surface area contributed by atoms with Crippen LogP contribution in [0.25, 0.3) is 0 Å². The van der Waals surface area contributed by atoms with Crippen LogP contribution in [0.3, 0.4) is 0 Å². The first-order chi connectivity index (χ1) is 9.19. The van der Waals surface area contributed by atoms with Crippen molar-refractivity contribution in [2.24, 2.45) is 0 Å². The van der Waals surface area contributed by atoms with Gasteiger partial charge in [0.05, 0.1) is 0 Å². The molecular weight excluding hydrogens is 234 g/mol. The van der Waals surface area contributed by atoms with Crippen molar-refractivity contribution in [1.82, 2.24) is 4.98 Å². The summed E-state index contributed by atoms with van der Waals surface area (Å²) >= 11 is 0. The van der Waals surface area contributed by atoms with Gasteiger partial charge in [0.15, 0.2) is 0 Å². The van der Waals surface area contributed by atoms with Crippen LogP contribution < -0.4 is 10.6 Å². The molecule has 0 fully saturated rings. The van der Waals surface area contributed by atoms with Crippen LogP contribution in [-0.4, -0.2) is 11.5 Å². The standard InChI is InChI=1S/C16H21N3/c1-3-9-19(16-8-7-13(2)11-18-16)12-14-5-4-6-15(17)10-14/h4-8,10-11H,3,9,12,17H2,1-2H3. The lowest BCUT2D eigenvalue weighted by Gasteiger charge is -2.23. The van der Waals surface area contributed by atoms with Crippen molar-refractivity contribution in [2.45, 2.75) is 26.8 Å². The minimum atomic E-state index is 0.811. The van der Waals surface area contributed by atoms with Crippen LogP contribution in [0.5, 0.6) is 0 Å². The minimum Gasteiger partial charge on any atom is -0.399 e. The van der Waals surface area contributed by atoms with E-state index >= 15 is 0 Å². The number of benzene rings is 1. The number of nitrogen functional groups attached to an aromatic ring is 1. The zero-order valence-corrected chi connectivity index (χ0v) is 11.6. The van der Waals surface area contributed by atoms with E-state index in [4.69, 9.17) is 5.73 Å². The Morgan fingerprint density at radius 3 is 2.68 bits per heavy atom. The molecule has 0 aliphatic rings. The highest BCUT2D eigenvalue weighted by atomic mass is 15.2. The SMILES string of the molecule is CCCN(Cc1cccc(N)c1)c1ccc(C)cn1. The maximum absolute atomic E-state index is 5.83. The van der Waals surface area contributed by atoms with Gasteiger partial charge in [0, 0.05) is 25.0 Å². The van der Waals surface area contributed by atoms with Crippen LogP contribution in [0.2, 0.25) is 0 Å². The summed E-state index contributed by atoms with van der Waals surface area (Å²) in [5.41, 5.74) is 9.05. The first-order valence-electron chi connectivity index (χ1n) is 6.71. The smallest absolute Gasteiger partial charge is 0.128 e. The summed E-state index contributed by atoms with van der Waals surface area (Å²) in [6.45, 7) is 6.07. The normalized spacial score (nSPS) is 10.4. The highest BCUT2D eigenvalue weighted by Gasteiger charge is 2.07. The topological polar surface area (TPSA) is 42.1 Å². The van der Waals surface area contributed by atoms with Gasteiger partial charge in [-0.15, -0.1) is 0 Å². The van der Waals surface area contributed by atoms with Gasteiger partial charge in [-0.05, 0) is 42.7 Å². The Balaban J connectivity index is 2.18. The lowest BCUT2D eigenvalue weighted by atomic mass is 10.2. The van der Waals surface area contributed by atoms with Gasteiger partial charge in [-0.1, -0.05) is 25.1 Å². The monoisotopic (exact) mass is 255 g/mol. The molecule has 0 unspecified atom stereocenters. The van der Waals surface area contributed by atoms with Crippen LogP contribution in [0.15, 0.2) is 42.6 Å². The third kappa shape index (κ3) is 3.71. The largest absolute Gasteiger partial charge is 0.399 e. The molecule has 2 aromatic rings. The summed E-state index contributed by atoms with van der Waals surface area (Å²) in [6, 6.07) is 12.2. The van der Waals surface area contributed by atoms with Crippen LogP contribution >= 0.6 is 0 Å². The van der Waals surface area contributed by atoms with E-state index in [9.17, 15) is 0 Å². The molecule has 3 nitrogen and oxygen atoms in total. The molecule has 100 valence electrons. The van der Waals surface area contributed by atoms with Crippen LogP contribution in [0.1, 0.15) is 24.5 Å². The van der Waals surface area contributed by atoms with Crippen LogP contribution in [-0.2, 0) is 6.54 Å². The fourth-order valence-corrected chi connectivity index (χ4v) is 2.10. The Labute approximate surface area is 115 Å². The number of anilines is 2. The third-order valence-corrected chi connectivity index (χ3v) is 3.04. The average Bonchev–Trinajstić information content (AvgIpc) is 2.39. The molecular formula is C16H21N3. The summed E-state index contributed by atoms with van der Waals surface area (Å²) in [5.74, 6) is 1.02. The molecule has 0 atom stereocenters. The quantitative estimate of drug-likeness (QED) is 0.833. The van der Waals surface area contributed by atoms with Crippen molar-refractivity contribution in [3.8, 4) is 0 Å². The molecule has 0 spiro atoms. The van der Waals surface area contributed by atoms with Crippen molar-refractivity contribution in [2.75, 3.05) is 17.2 Å². The fraction of sp³-hybridized carbons (Fsp3) is 0.312. The van der Waals surface area contributed by atoms with Crippen LogP contribution in [0.4, 0.5) is 11.5 Å². The average molecular weight is 255 g/mol. The number of hydrogen-bond donors (Lipinski definition) is 1. The second-order valence-corrected chi connectivity index (χ2v) is 4.86. The number of hydrogen-bond acceptors (Lipinski definition) is 3. The molecule has 1 heterocycles. The zero-order valence-electron chi connectivity index (χ0n) is 11.6. The second-order valence-electron chi connectivity index (χ2n) is 4.86. The molecule has 2 rings (SSSR count). The van der Waals surface area contributed by atoms with E-state index in [1.165, 1.54) is 11.1 Å². The van der Waals surface area contributed by atoms with Gasteiger partial charge in [0.1, 0.15) is 5.82 Å². The van der Waals surface area contributed by atoms with Crippen molar-refractivity contribution in [3.05, 3.63) is 53.7 Å². The molecule has 3 heteroatoms. The molecule has 1 aromatic heterocycles. The maximum Gasteiger partial charge on any atom is 0.128 e. The van der Waals surface area contributed by atoms with Gasteiger partial charge in [-0.3, -0.25) is 0 Å². The molecule has 0 saturated heterocycles. The van der Waals surface area contributed by atoms with Crippen molar-refractivity contribution < 1.29 is 0 Å². The predicted octanol–water partition coefficient (Wildman–Crippen LogP) is 3.39. The second kappa shape index (κ2) is 6.23. The highest BCUT2D eigenvalue weighted by Crippen LogP contribution is 2.16. The molecule has 0 aliphatic carbocycles. The van der Waals surface area contributed by atoms with E-state index in [2.05, 4.69) is 41.9 Å².